The molecule has 0 aliphatic rings. The Morgan fingerprint density at radius 3 is 2.70 bits per heavy atom. The van der Waals surface area contributed by atoms with Crippen LogP contribution in [0.3, 0.4) is 0 Å². The first-order chi connectivity index (χ1) is 9.83. The lowest BCUT2D eigenvalue weighted by Gasteiger charge is -2.05. The van der Waals surface area contributed by atoms with Gasteiger partial charge >= 0.3 is 0 Å². The van der Waals surface area contributed by atoms with E-state index in [1.807, 2.05) is 18.2 Å². The Morgan fingerprint density at radius 1 is 1.05 bits per heavy atom. The third-order valence-corrected chi connectivity index (χ3v) is 2.91. The van der Waals surface area contributed by atoms with E-state index in [1.54, 1.807) is 36.9 Å². The Morgan fingerprint density at radius 2 is 1.90 bits per heavy atom. The fourth-order valence-corrected chi connectivity index (χ4v) is 1.90. The monoisotopic (exact) mass is 264 g/mol. The molecule has 0 spiro atoms. The van der Waals surface area contributed by atoms with E-state index in [0.29, 0.717) is 12.1 Å². The molecule has 0 saturated carbocycles. The van der Waals surface area contributed by atoms with Crippen LogP contribution < -0.4 is 5.32 Å². The summed E-state index contributed by atoms with van der Waals surface area (Å²) in [6.45, 7) is 0.445. The van der Waals surface area contributed by atoms with Crippen LogP contribution in [0.4, 0.5) is 0 Å². The highest BCUT2D eigenvalue weighted by molar-refractivity contribution is 5.93. The average molecular weight is 264 g/mol. The highest BCUT2D eigenvalue weighted by atomic mass is 16.1. The van der Waals surface area contributed by atoms with Gasteiger partial charge in [0, 0.05) is 31.3 Å². The molecule has 5 heteroatoms. The number of hydrogen-bond acceptors (Lipinski definition) is 4. The number of fused-ring (bicyclic) bond motifs is 1. The number of amides is 1. The summed E-state index contributed by atoms with van der Waals surface area (Å²) in [5.41, 5.74) is 3.19. The van der Waals surface area contributed by atoms with E-state index in [0.717, 1.165) is 16.6 Å². The van der Waals surface area contributed by atoms with Gasteiger partial charge in [-0.1, -0.05) is 6.07 Å². The molecule has 0 bridgehead atoms. The summed E-state index contributed by atoms with van der Waals surface area (Å²) in [6.07, 6.45) is 6.49. The number of rotatable bonds is 3. The smallest absolute Gasteiger partial charge is 0.253 e. The predicted octanol–water partition coefficient (Wildman–Crippen LogP) is 1.95. The van der Waals surface area contributed by atoms with Gasteiger partial charge in [0.25, 0.3) is 5.91 Å². The molecule has 0 radical (unpaired) electrons. The third kappa shape index (κ3) is 2.61. The molecular weight excluding hydrogens is 252 g/mol. The number of pyridine rings is 1. The number of nitrogens with one attached hydrogen (secondary N) is 1. The summed E-state index contributed by atoms with van der Waals surface area (Å²) in [4.78, 5) is 24.3. The summed E-state index contributed by atoms with van der Waals surface area (Å²) < 4.78 is 0. The lowest BCUT2D eigenvalue weighted by molar-refractivity contribution is 0.0950. The maximum atomic E-state index is 11.9. The maximum Gasteiger partial charge on any atom is 0.253 e. The van der Waals surface area contributed by atoms with Crippen molar-refractivity contribution in [1.82, 2.24) is 20.3 Å². The van der Waals surface area contributed by atoms with Crippen molar-refractivity contribution in [3.05, 3.63) is 66.2 Å². The minimum atomic E-state index is -0.141. The van der Waals surface area contributed by atoms with Crippen molar-refractivity contribution in [2.45, 2.75) is 6.54 Å². The van der Waals surface area contributed by atoms with Gasteiger partial charge in [-0.3, -0.25) is 19.7 Å². The fraction of sp³-hybridized carbons (Fsp3) is 0.0667. The maximum absolute atomic E-state index is 11.9. The van der Waals surface area contributed by atoms with Gasteiger partial charge in [-0.25, -0.2) is 0 Å². The molecule has 1 aromatic carbocycles. The van der Waals surface area contributed by atoms with Crippen molar-refractivity contribution in [2.75, 3.05) is 0 Å². The molecule has 0 atom stereocenters. The summed E-state index contributed by atoms with van der Waals surface area (Å²) in [6, 6.07) is 9.22. The highest BCUT2D eigenvalue weighted by Gasteiger charge is 2.05. The molecule has 5 nitrogen and oxygen atoms in total. The fourth-order valence-electron chi connectivity index (χ4n) is 1.90. The van der Waals surface area contributed by atoms with Crippen LogP contribution >= 0.6 is 0 Å². The molecule has 20 heavy (non-hydrogen) atoms. The molecule has 0 saturated heterocycles. The van der Waals surface area contributed by atoms with E-state index in [-0.39, 0.29) is 5.91 Å². The topological polar surface area (TPSA) is 67.8 Å². The van der Waals surface area contributed by atoms with Crippen molar-refractivity contribution in [1.29, 1.82) is 0 Å². The van der Waals surface area contributed by atoms with E-state index in [2.05, 4.69) is 20.3 Å². The minimum Gasteiger partial charge on any atom is -0.348 e. The van der Waals surface area contributed by atoms with Crippen molar-refractivity contribution in [2.24, 2.45) is 0 Å². The second kappa shape index (κ2) is 5.44. The lowest BCUT2D eigenvalue weighted by Crippen LogP contribution is -2.22. The summed E-state index contributed by atoms with van der Waals surface area (Å²) >= 11 is 0. The van der Waals surface area contributed by atoms with Crippen LogP contribution in [0, 0.1) is 0 Å². The Kier molecular flexibility index (Phi) is 3.33. The molecule has 1 N–H and O–H groups in total. The van der Waals surface area contributed by atoms with Crippen molar-refractivity contribution in [3.63, 3.8) is 0 Å². The van der Waals surface area contributed by atoms with Gasteiger partial charge in [0.1, 0.15) is 0 Å². The Balaban J connectivity index is 1.72. The molecule has 0 aliphatic carbocycles. The van der Waals surface area contributed by atoms with Crippen molar-refractivity contribution >= 4 is 16.9 Å². The van der Waals surface area contributed by atoms with E-state index in [4.69, 9.17) is 0 Å². The average Bonchev–Trinajstić information content (AvgIpc) is 2.53. The number of benzene rings is 1. The van der Waals surface area contributed by atoms with Crippen molar-refractivity contribution in [3.8, 4) is 0 Å². The molecule has 3 aromatic rings. The number of hydrogen-bond donors (Lipinski definition) is 1. The van der Waals surface area contributed by atoms with E-state index < -0.39 is 0 Å². The second-order valence-corrected chi connectivity index (χ2v) is 4.30. The predicted molar refractivity (Wildman–Crippen MR) is 74.9 cm³/mol. The first-order valence-corrected chi connectivity index (χ1v) is 6.21. The molecule has 98 valence electrons. The van der Waals surface area contributed by atoms with Crippen LogP contribution in [0.1, 0.15) is 15.9 Å². The summed E-state index contributed by atoms with van der Waals surface area (Å²) in [5.74, 6) is -0.141. The van der Waals surface area contributed by atoms with Gasteiger partial charge in [0.2, 0.25) is 0 Å². The van der Waals surface area contributed by atoms with Gasteiger partial charge in [0.15, 0.2) is 0 Å². The van der Waals surface area contributed by atoms with Crippen LogP contribution in [-0.4, -0.2) is 20.9 Å². The van der Waals surface area contributed by atoms with Crippen LogP contribution in [0.25, 0.3) is 11.0 Å². The Hall–Kier alpha value is -2.82. The molecule has 0 aliphatic heterocycles. The van der Waals surface area contributed by atoms with E-state index in [1.165, 1.54) is 0 Å². The van der Waals surface area contributed by atoms with Gasteiger partial charge in [-0.2, -0.15) is 0 Å². The highest BCUT2D eigenvalue weighted by Crippen LogP contribution is 2.10. The molecule has 1 amide bonds. The SMILES string of the molecule is O=C(NCc1ccc2nccnc2c1)c1cccnc1. The second-order valence-electron chi connectivity index (χ2n) is 4.30. The molecule has 0 fully saturated rings. The standard InChI is InChI=1S/C15H12N4O/c20-15(12-2-1-5-16-10-12)19-9-11-3-4-13-14(8-11)18-7-6-17-13/h1-8,10H,9H2,(H,19,20). The zero-order valence-electron chi connectivity index (χ0n) is 10.7. The Bertz CT molecular complexity index is 743. The van der Waals surface area contributed by atoms with E-state index in [9.17, 15) is 4.79 Å². The zero-order valence-corrected chi connectivity index (χ0v) is 10.7. The van der Waals surface area contributed by atoms with Crippen LogP contribution in [0.2, 0.25) is 0 Å². The normalized spacial score (nSPS) is 10.4. The van der Waals surface area contributed by atoms with Gasteiger partial charge < -0.3 is 5.32 Å². The van der Waals surface area contributed by atoms with Crippen LogP contribution in [-0.2, 0) is 6.54 Å². The third-order valence-electron chi connectivity index (χ3n) is 2.91. The molecule has 2 heterocycles. The first-order valence-electron chi connectivity index (χ1n) is 6.21. The summed E-state index contributed by atoms with van der Waals surface area (Å²) in [7, 11) is 0. The number of carbonyl (C=O) groups excluding carboxylic acids is 1. The van der Waals surface area contributed by atoms with Gasteiger partial charge in [-0.15, -0.1) is 0 Å². The van der Waals surface area contributed by atoms with Crippen molar-refractivity contribution < 1.29 is 4.79 Å². The molecular formula is C15H12N4O. The van der Waals surface area contributed by atoms with Crippen LogP contribution in [0.15, 0.2) is 55.1 Å². The number of carbonyl (C=O) groups is 1. The minimum absolute atomic E-state index is 0.141. The number of nitrogens with zero attached hydrogens (tertiary/aromatic N) is 3. The van der Waals surface area contributed by atoms with Gasteiger partial charge in [0.05, 0.1) is 16.6 Å². The quantitative estimate of drug-likeness (QED) is 0.785. The molecule has 0 unspecified atom stereocenters. The van der Waals surface area contributed by atoms with Crippen LogP contribution in [0.5, 0.6) is 0 Å². The largest absolute Gasteiger partial charge is 0.348 e. The first kappa shape index (κ1) is 12.2. The van der Waals surface area contributed by atoms with E-state index >= 15 is 0 Å². The lowest BCUT2D eigenvalue weighted by atomic mass is 10.2. The Labute approximate surface area is 115 Å². The summed E-state index contributed by atoms with van der Waals surface area (Å²) in [5, 5.41) is 2.85. The zero-order chi connectivity index (χ0) is 13.8. The number of aromatic nitrogens is 3. The van der Waals surface area contributed by atoms with Gasteiger partial charge in [-0.05, 0) is 29.8 Å². The molecule has 2 aromatic heterocycles. The molecule has 3 rings (SSSR count).